The van der Waals surface area contributed by atoms with E-state index in [4.69, 9.17) is 4.12 Å². The largest absolute Gasteiger partial charge is 0.453 e. The fraction of sp³-hybridized carbons (Fsp3) is 0.778. The zero-order chi connectivity index (χ0) is 10.5. The van der Waals surface area contributed by atoms with Crippen molar-refractivity contribution in [3.63, 3.8) is 0 Å². The molecule has 0 aromatic rings. The first-order valence-electron chi connectivity index (χ1n) is 4.73. The summed E-state index contributed by atoms with van der Waals surface area (Å²) in [7, 11) is -2.93. The average Bonchev–Trinajstić information content (AvgIpc) is 1.99. The summed E-state index contributed by atoms with van der Waals surface area (Å²) in [4.78, 5) is 0. The van der Waals surface area contributed by atoms with E-state index >= 15 is 0 Å². The molecule has 0 aliphatic carbocycles. The highest BCUT2D eigenvalue weighted by Crippen LogP contribution is 2.20. The van der Waals surface area contributed by atoms with E-state index in [9.17, 15) is 0 Å². The van der Waals surface area contributed by atoms with Crippen molar-refractivity contribution in [3.05, 3.63) is 12.3 Å². The molecule has 4 heteroatoms. The first kappa shape index (κ1) is 13.9. The summed E-state index contributed by atoms with van der Waals surface area (Å²) in [6, 6.07) is 1.28. The van der Waals surface area contributed by atoms with Gasteiger partial charge in [0, 0.05) is 0 Å². The summed E-state index contributed by atoms with van der Waals surface area (Å²) in [6.07, 6.45) is 1.29. The lowest BCUT2D eigenvalue weighted by atomic mass is 10.6. The number of hydrogen-bond acceptors (Lipinski definition) is 1. The van der Waals surface area contributed by atoms with Crippen molar-refractivity contribution in [3.8, 4) is 0 Å². The highest BCUT2D eigenvalue weighted by atomic mass is 127. The third kappa shape index (κ3) is 6.87. The van der Waals surface area contributed by atoms with Crippen LogP contribution in [0.25, 0.3) is 0 Å². The Morgan fingerprint density at radius 3 is 2.23 bits per heavy atom. The molecule has 0 amide bonds. The smallest absolute Gasteiger partial charge is 0.197 e. The van der Waals surface area contributed by atoms with Crippen LogP contribution in [0.3, 0.4) is 0 Å². The van der Waals surface area contributed by atoms with Crippen LogP contribution in [-0.4, -0.2) is 21.1 Å². The molecule has 78 valence electrons. The Balaban J connectivity index is 4.07. The van der Waals surface area contributed by atoms with Crippen LogP contribution in [-0.2, 0) is 4.12 Å². The van der Waals surface area contributed by atoms with Crippen molar-refractivity contribution in [2.45, 2.75) is 38.7 Å². The monoisotopic (exact) mass is 328 g/mol. The van der Waals surface area contributed by atoms with Gasteiger partial charge in [-0.1, -0.05) is 28.3 Å². The Morgan fingerprint density at radius 2 is 1.85 bits per heavy atom. The Bertz CT molecular complexity index is 169. The second kappa shape index (κ2) is 5.67. The predicted molar refractivity (Wildman–Crippen MR) is 74.6 cm³/mol. The van der Waals surface area contributed by atoms with Gasteiger partial charge in [-0.2, -0.15) is 0 Å². The van der Waals surface area contributed by atoms with E-state index in [-0.39, 0.29) is 0 Å². The van der Waals surface area contributed by atoms with Gasteiger partial charge in [0.05, 0.1) is 0 Å². The van der Waals surface area contributed by atoms with Gasteiger partial charge in [0.2, 0.25) is 0 Å². The zero-order valence-electron chi connectivity index (χ0n) is 9.19. The second-order valence-electron chi connectivity index (χ2n) is 4.46. The van der Waals surface area contributed by atoms with Crippen LogP contribution in [0.5, 0.6) is 0 Å². The molecule has 0 radical (unpaired) electrons. The Hall–Kier alpha value is 0.864. The first-order chi connectivity index (χ1) is 5.83. The maximum Gasteiger partial charge on any atom is 0.197 e. The van der Waals surface area contributed by atoms with Crippen LogP contribution in [0, 0.1) is 0 Å². The van der Waals surface area contributed by atoms with E-state index in [1.54, 1.807) is 0 Å². The van der Waals surface area contributed by atoms with E-state index in [0.717, 1.165) is 0 Å². The number of rotatable bonds is 6. The van der Waals surface area contributed by atoms with Crippen LogP contribution in [0.15, 0.2) is 12.3 Å². The first-order valence-corrected chi connectivity index (χ1v) is 12.4. The summed E-state index contributed by atoms with van der Waals surface area (Å²) in [5, 5.41) is 0. The Kier molecular flexibility index (Phi) is 6.05. The Morgan fingerprint density at radius 1 is 1.31 bits per heavy atom. The lowest BCUT2D eigenvalue weighted by molar-refractivity contribution is 0.552. The SMILES string of the molecule is C=C[Si](C)(C)O[Si](C)(C)CCCI. The third-order valence-corrected chi connectivity index (χ3v) is 9.56. The molecule has 0 spiro atoms. The predicted octanol–water partition coefficient (Wildman–Crippen LogP) is 3.96. The topological polar surface area (TPSA) is 9.23 Å². The molecule has 0 bridgehead atoms. The molecule has 0 fully saturated rings. The fourth-order valence-corrected chi connectivity index (χ4v) is 9.87. The zero-order valence-corrected chi connectivity index (χ0v) is 13.3. The summed E-state index contributed by atoms with van der Waals surface area (Å²) in [6.45, 7) is 12.9. The van der Waals surface area contributed by atoms with Crippen molar-refractivity contribution in [2.75, 3.05) is 4.43 Å². The molecule has 0 unspecified atom stereocenters. The fourth-order valence-electron chi connectivity index (χ4n) is 1.30. The van der Waals surface area contributed by atoms with Crippen LogP contribution >= 0.6 is 22.6 Å². The van der Waals surface area contributed by atoms with Crippen LogP contribution in [0.4, 0.5) is 0 Å². The molecule has 0 aliphatic heterocycles. The normalized spacial score (nSPS) is 13.0. The summed E-state index contributed by atoms with van der Waals surface area (Å²) in [5.41, 5.74) is 2.03. The molecule has 0 saturated carbocycles. The molecule has 0 aromatic heterocycles. The van der Waals surface area contributed by atoms with Crippen molar-refractivity contribution in [1.82, 2.24) is 0 Å². The van der Waals surface area contributed by atoms with Crippen molar-refractivity contribution in [1.29, 1.82) is 0 Å². The standard InChI is InChI=1S/C9H21IOSi2/c1-6-12(2,3)11-13(4,5)9-7-8-10/h6H,1,7-9H2,2-5H3. The Labute approximate surface area is 98.4 Å². The molecule has 0 aromatic carbocycles. The number of hydrogen-bond donors (Lipinski definition) is 0. The lowest BCUT2D eigenvalue weighted by Crippen LogP contribution is -2.43. The summed E-state index contributed by atoms with van der Waals surface area (Å²) in [5.74, 6) is 0. The van der Waals surface area contributed by atoms with Gasteiger partial charge in [-0.05, 0) is 43.1 Å². The van der Waals surface area contributed by atoms with Crippen LogP contribution in [0.2, 0.25) is 32.2 Å². The maximum absolute atomic E-state index is 6.23. The molecule has 0 saturated heterocycles. The summed E-state index contributed by atoms with van der Waals surface area (Å²) >= 11 is 2.43. The minimum Gasteiger partial charge on any atom is -0.453 e. The highest BCUT2D eigenvalue weighted by Gasteiger charge is 2.30. The van der Waals surface area contributed by atoms with Crippen molar-refractivity contribution >= 4 is 39.2 Å². The van der Waals surface area contributed by atoms with E-state index in [2.05, 4.69) is 55.4 Å². The van der Waals surface area contributed by atoms with Crippen molar-refractivity contribution in [2.24, 2.45) is 0 Å². The van der Waals surface area contributed by atoms with E-state index in [1.807, 2.05) is 5.70 Å². The molecule has 13 heavy (non-hydrogen) atoms. The van der Waals surface area contributed by atoms with E-state index in [0.29, 0.717) is 0 Å². The highest BCUT2D eigenvalue weighted by molar-refractivity contribution is 14.1. The van der Waals surface area contributed by atoms with Gasteiger partial charge in [0.15, 0.2) is 16.6 Å². The molecule has 1 nitrogen and oxygen atoms in total. The van der Waals surface area contributed by atoms with E-state index in [1.165, 1.54) is 16.9 Å². The van der Waals surface area contributed by atoms with Gasteiger partial charge in [-0.15, -0.1) is 6.58 Å². The van der Waals surface area contributed by atoms with Crippen LogP contribution < -0.4 is 0 Å². The van der Waals surface area contributed by atoms with Crippen LogP contribution in [0.1, 0.15) is 6.42 Å². The van der Waals surface area contributed by atoms with Gasteiger partial charge in [0.1, 0.15) is 0 Å². The number of halogens is 1. The van der Waals surface area contributed by atoms with Gasteiger partial charge >= 0.3 is 0 Å². The molecule has 0 atom stereocenters. The molecule has 0 aliphatic rings. The van der Waals surface area contributed by atoms with Gasteiger partial charge in [-0.25, -0.2) is 0 Å². The molecular weight excluding hydrogens is 307 g/mol. The minimum atomic E-state index is -1.54. The quantitative estimate of drug-likeness (QED) is 0.407. The van der Waals surface area contributed by atoms with Gasteiger partial charge < -0.3 is 4.12 Å². The van der Waals surface area contributed by atoms with Crippen molar-refractivity contribution < 1.29 is 4.12 Å². The average molecular weight is 328 g/mol. The number of alkyl halides is 1. The van der Waals surface area contributed by atoms with Gasteiger partial charge in [0.25, 0.3) is 0 Å². The maximum atomic E-state index is 6.23. The molecule has 0 N–H and O–H groups in total. The molecule has 0 rings (SSSR count). The van der Waals surface area contributed by atoms with Gasteiger partial charge in [-0.3, -0.25) is 0 Å². The molecular formula is C9H21IOSi2. The molecule has 0 heterocycles. The minimum absolute atomic E-state index is 1.24. The third-order valence-electron chi connectivity index (χ3n) is 1.94. The summed E-state index contributed by atoms with van der Waals surface area (Å²) < 4.78 is 7.48. The van der Waals surface area contributed by atoms with E-state index < -0.39 is 16.6 Å². The lowest BCUT2D eigenvalue weighted by Gasteiger charge is -2.31. The second-order valence-corrected chi connectivity index (χ2v) is 14.0.